The number of halogens is 3. The molecule has 0 aromatic heterocycles. The topological polar surface area (TPSA) is 21.3 Å². The molecule has 1 N–H and O–H groups in total. The van der Waals surface area contributed by atoms with Gasteiger partial charge in [0.25, 0.3) is 0 Å². The van der Waals surface area contributed by atoms with Gasteiger partial charge in [0.15, 0.2) is 0 Å². The van der Waals surface area contributed by atoms with Crippen molar-refractivity contribution < 1.29 is 13.5 Å². The third kappa shape index (κ3) is 4.23. The summed E-state index contributed by atoms with van der Waals surface area (Å²) in [5, 5.41) is 3.81. The number of hydrogen-bond acceptors (Lipinski definition) is 3. The molecule has 0 atom stereocenters. The van der Waals surface area contributed by atoms with Crippen molar-refractivity contribution in [2.75, 3.05) is 12.8 Å². The number of alkyl halides is 2. The molecule has 6 heteroatoms. The molecular weight excluding hydrogens is 292 g/mol. The Morgan fingerprint density at radius 2 is 2.21 bits per heavy atom. The molecule has 0 heterocycles. The second-order valence-electron chi connectivity index (χ2n) is 4.62. The zero-order valence-corrected chi connectivity index (χ0v) is 12.2. The summed E-state index contributed by atoms with van der Waals surface area (Å²) in [5.74, 6) is 0.181. The van der Waals surface area contributed by atoms with Crippen LogP contribution >= 0.6 is 23.4 Å². The van der Waals surface area contributed by atoms with E-state index < -0.39 is 6.61 Å². The second kappa shape index (κ2) is 6.29. The van der Waals surface area contributed by atoms with Crippen LogP contribution in [0.2, 0.25) is 5.02 Å². The van der Waals surface area contributed by atoms with Gasteiger partial charge in [-0.25, -0.2) is 0 Å². The van der Waals surface area contributed by atoms with E-state index >= 15 is 0 Å². The Kier molecular flexibility index (Phi) is 4.92. The van der Waals surface area contributed by atoms with Gasteiger partial charge in [-0.05, 0) is 37.3 Å². The molecule has 1 aromatic rings. The SMILES string of the molecule is CSC1(CNCc2cc(Cl)ccc2OC(F)F)CC1. The molecule has 1 aromatic carbocycles. The minimum atomic E-state index is -2.82. The van der Waals surface area contributed by atoms with Crippen LogP contribution in [-0.2, 0) is 6.54 Å². The van der Waals surface area contributed by atoms with E-state index in [1.54, 1.807) is 12.1 Å². The molecule has 1 fully saturated rings. The molecule has 2 nitrogen and oxygen atoms in total. The lowest BCUT2D eigenvalue weighted by molar-refractivity contribution is -0.0504. The number of thioether (sulfide) groups is 1. The highest BCUT2D eigenvalue weighted by molar-refractivity contribution is 8.00. The van der Waals surface area contributed by atoms with E-state index in [4.69, 9.17) is 11.6 Å². The second-order valence-corrected chi connectivity index (χ2v) is 6.33. The summed E-state index contributed by atoms with van der Waals surface area (Å²) < 4.78 is 29.4. The van der Waals surface area contributed by atoms with Crippen LogP contribution < -0.4 is 10.1 Å². The monoisotopic (exact) mass is 307 g/mol. The third-order valence-corrected chi connectivity index (χ3v) is 4.90. The molecule has 0 radical (unpaired) electrons. The van der Waals surface area contributed by atoms with Gasteiger partial charge >= 0.3 is 6.61 Å². The molecule has 0 unspecified atom stereocenters. The summed E-state index contributed by atoms with van der Waals surface area (Å²) in [7, 11) is 0. The fraction of sp³-hybridized carbons (Fsp3) is 0.538. The predicted octanol–water partition coefficient (Wildman–Crippen LogP) is 3.93. The standard InChI is InChI=1S/C13H16ClF2NOS/c1-19-13(4-5-13)8-17-7-9-6-10(14)2-3-11(9)18-12(15)16/h2-3,6,12,17H,4-5,7-8H2,1H3. The molecule has 2 rings (SSSR count). The van der Waals surface area contributed by atoms with Crippen LogP contribution in [0.3, 0.4) is 0 Å². The van der Waals surface area contributed by atoms with E-state index in [1.807, 2.05) is 11.8 Å². The Morgan fingerprint density at radius 1 is 1.47 bits per heavy atom. The number of hydrogen-bond donors (Lipinski definition) is 1. The van der Waals surface area contributed by atoms with Crippen molar-refractivity contribution in [1.29, 1.82) is 0 Å². The number of benzene rings is 1. The summed E-state index contributed by atoms with van der Waals surface area (Å²) in [6.45, 7) is -1.47. The molecule has 106 valence electrons. The maximum atomic E-state index is 12.3. The van der Waals surface area contributed by atoms with E-state index in [1.165, 1.54) is 18.9 Å². The van der Waals surface area contributed by atoms with Crippen molar-refractivity contribution in [3.8, 4) is 5.75 Å². The van der Waals surface area contributed by atoms with Crippen LogP contribution in [0.25, 0.3) is 0 Å². The smallest absolute Gasteiger partial charge is 0.387 e. The summed E-state index contributed by atoms with van der Waals surface area (Å²) >= 11 is 7.74. The summed E-state index contributed by atoms with van der Waals surface area (Å²) in [6.07, 6.45) is 4.51. The zero-order chi connectivity index (χ0) is 13.9. The number of rotatable bonds is 7. The first-order chi connectivity index (χ1) is 9.04. The first-order valence-electron chi connectivity index (χ1n) is 6.04. The molecular formula is C13H16ClF2NOS. The van der Waals surface area contributed by atoms with Crippen LogP contribution in [0.5, 0.6) is 5.75 Å². The lowest BCUT2D eigenvalue weighted by Crippen LogP contribution is -2.25. The number of ether oxygens (including phenoxy) is 1. The molecule has 0 spiro atoms. The van der Waals surface area contributed by atoms with E-state index in [0.717, 1.165) is 6.54 Å². The molecule has 0 amide bonds. The van der Waals surface area contributed by atoms with Gasteiger partial charge in [0.1, 0.15) is 5.75 Å². The quantitative estimate of drug-likeness (QED) is 0.825. The fourth-order valence-corrected chi connectivity index (χ4v) is 2.87. The van der Waals surface area contributed by atoms with E-state index in [-0.39, 0.29) is 5.75 Å². The Bertz CT molecular complexity index is 441. The van der Waals surface area contributed by atoms with E-state index in [0.29, 0.717) is 21.9 Å². The fourth-order valence-electron chi connectivity index (χ4n) is 1.91. The molecule has 1 aliphatic carbocycles. The summed E-state index contributed by atoms with van der Waals surface area (Å²) in [5.41, 5.74) is 0.657. The summed E-state index contributed by atoms with van der Waals surface area (Å²) in [6, 6.07) is 4.69. The maximum absolute atomic E-state index is 12.3. The first kappa shape index (κ1) is 14.9. The van der Waals surface area contributed by atoms with Gasteiger partial charge < -0.3 is 10.1 Å². The van der Waals surface area contributed by atoms with E-state index in [9.17, 15) is 8.78 Å². The van der Waals surface area contributed by atoms with Gasteiger partial charge in [0.05, 0.1) is 0 Å². The van der Waals surface area contributed by atoms with Gasteiger partial charge in [-0.15, -0.1) is 0 Å². The third-order valence-electron chi connectivity index (χ3n) is 3.24. The summed E-state index contributed by atoms with van der Waals surface area (Å²) in [4.78, 5) is 0. The molecule has 1 saturated carbocycles. The minimum Gasteiger partial charge on any atom is -0.434 e. The maximum Gasteiger partial charge on any atom is 0.387 e. The molecule has 19 heavy (non-hydrogen) atoms. The van der Waals surface area contributed by atoms with Crippen LogP contribution in [0.15, 0.2) is 18.2 Å². The van der Waals surface area contributed by atoms with Gasteiger partial charge in [0, 0.05) is 28.4 Å². The Morgan fingerprint density at radius 3 is 2.79 bits per heavy atom. The highest BCUT2D eigenvalue weighted by atomic mass is 35.5. The first-order valence-corrected chi connectivity index (χ1v) is 7.64. The molecule has 0 saturated heterocycles. The average Bonchev–Trinajstić information content (AvgIpc) is 3.13. The van der Waals surface area contributed by atoms with Crippen LogP contribution in [0, 0.1) is 0 Å². The van der Waals surface area contributed by atoms with E-state index in [2.05, 4.69) is 16.3 Å². The van der Waals surface area contributed by atoms with Crippen molar-refractivity contribution in [1.82, 2.24) is 5.32 Å². The normalized spacial score (nSPS) is 16.7. The predicted molar refractivity (Wildman–Crippen MR) is 75.3 cm³/mol. The van der Waals surface area contributed by atoms with Crippen LogP contribution in [0.1, 0.15) is 18.4 Å². The van der Waals surface area contributed by atoms with Crippen molar-refractivity contribution in [2.24, 2.45) is 0 Å². The minimum absolute atomic E-state index is 0.181. The van der Waals surface area contributed by atoms with Crippen molar-refractivity contribution in [3.63, 3.8) is 0 Å². The number of nitrogens with one attached hydrogen (secondary N) is 1. The van der Waals surface area contributed by atoms with Crippen molar-refractivity contribution in [2.45, 2.75) is 30.7 Å². The highest BCUT2D eigenvalue weighted by Crippen LogP contribution is 2.46. The van der Waals surface area contributed by atoms with Gasteiger partial charge in [-0.2, -0.15) is 20.5 Å². The zero-order valence-electron chi connectivity index (χ0n) is 10.6. The van der Waals surface area contributed by atoms with Crippen LogP contribution in [0.4, 0.5) is 8.78 Å². The lowest BCUT2D eigenvalue weighted by Gasteiger charge is -2.15. The van der Waals surface area contributed by atoms with Crippen molar-refractivity contribution >= 4 is 23.4 Å². The van der Waals surface area contributed by atoms with Crippen LogP contribution in [-0.4, -0.2) is 24.2 Å². The molecule has 0 bridgehead atoms. The highest BCUT2D eigenvalue weighted by Gasteiger charge is 2.41. The molecule has 1 aliphatic rings. The van der Waals surface area contributed by atoms with Gasteiger partial charge in [-0.1, -0.05) is 11.6 Å². The average molecular weight is 308 g/mol. The van der Waals surface area contributed by atoms with Gasteiger partial charge in [0.2, 0.25) is 0 Å². The van der Waals surface area contributed by atoms with Gasteiger partial charge in [-0.3, -0.25) is 0 Å². The Labute approximate surface area is 120 Å². The Hall–Kier alpha value is -0.520. The largest absolute Gasteiger partial charge is 0.434 e. The Balaban J connectivity index is 1.95. The molecule has 0 aliphatic heterocycles. The van der Waals surface area contributed by atoms with Crippen molar-refractivity contribution in [3.05, 3.63) is 28.8 Å². The lowest BCUT2D eigenvalue weighted by atomic mass is 10.2.